The molecule has 0 radical (unpaired) electrons. The molecule has 1 aliphatic heterocycles. The van der Waals surface area contributed by atoms with Gasteiger partial charge in [-0.25, -0.2) is 0 Å². The molecule has 0 aromatic carbocycles. The lowest BCUT2D eigenvalue weighted by atomic mass is 9.77. The maximum Gasteiger partial charge on any atom is 0.311 e. The molecule has 5 heteroatoms. The van der Waals surface area contributed by atoms with Gasteiger partial charge >= 0.3 is 5.97 Å². The molecule has 1 aliphatic rings. The highest BCUT2D eigenvalue weighted by Crippen LogP contribution is 2.34. The standard InChI is InChI=1S/C17H25NO4/c1-14(11-15-5-3-9-22-15)12-18-8-4-6-17(13-18,16(19)20)7-10-21-2/h3,5,9,11H,4,6-8,10,12-13H2,1-2H3,(H,19,20). The van der Waals surface area contributed by atoms with E-state index in [1.807, 2.05) is 18.2 Å². The first-order chi connectivity index (χ1) is 10.6. The molecule has 2 rings (SSSR count). The van der Waals surface area contributed by atoms with Crippen LogP contribution < -0.4 is 0 Å². The fourth-order valence-corrected chi connectivity index (χ4v) is 3.16. The molecule has 1 atom stereocenters. The maximum absolute atomic E-state index is 11.8. The summed E-state index contributed by atoms with van der Waals surface area (Å²) < 4.78 is 10.4. The molecule has 1 aromatic rings. The van der Waals surface area contributed by atoms with E-state index >= 15 is 0 Å². The topological polar surface area (TPSA) is 62.9 Å². The lowest BCUT2D eigenvalue weighted by molar-refractivity contribution is -0.154. The predicted octanol–water partition coefficient (Wildman–Crippen LogP) is 2.89. The fraction of sp³-hybridized carbons (Fsp3) is 0.588. The Kier molecular flexibility index (Phi) is 5.80. The molecule has 122 valence electrons. The van der Waals surface area contributed by atoms with Gasteiger partial charge in [0.25, 0.3) is 0 Å². The number of carboxylic acids is 1. The molecule has 5 nitrogen and oxygen atoms in total. The molecule has 1 aromatic heterocycles. The number of rotatable bonds is 7. The summed E-state index contributed by atoms with van der Waals surface area (Å²) in [6.45, 7) is 4.82. The number of furan rings is 1. The van der Waals surface area contributed by atoms with Crippen molar-refractivity contribution in [2.45, 2.75) is 26.2 Å². The van der Waals surface area contributed by atoms with Crippen LogP contribution in [0, 0.1) is 5.41 Å². The Morgan fingerprint density at radius 3 is 3.05 bits per heavy atom. The first-order valence-corrected chi connectivity index (χ1v) is 7.71. The smallest absolute Gasteiger partial charge is 0.311 e. The van der Waals surface area contributed by atoms with Crippen molar-refractivity contribution < 1.29 is 19.1 Å². The van der Waals surface area contributed by atoms with Gasteiger partial charge in [0.15, 0.2) is 0 Å². The molecule has 0 saturated carbocycles. The van der Waals surface area contributed by atoms with Crippen LogP contribution >= 0.6 is 0 Å². The normalized spacial score (nSPS) is 23.6. The van der Waals surface area contributed by atoms with E-state index in [4.69, 9.17) is 9.15 Å². The Morgan fingerprint density at radius 1 is 1.59 bits per heavy atom. The SMILES string of the molecule is COCCC1(C(=O)O)CCCN(CC(C)=Cc2ccco2)C1. The van der Waals surface area contributed by atoms with Gasteiger partial charge in [0.2, 0.25) is 0 Å². The van der Waals surface area contributed by atoms with Crippen LogP contribution in [0.2, 0.25) is 0 Å². The number of likely N-dealkylation sites (tertiary alicyclic amines) is 1. The van der Waals surface area contributed by atoms with Gasteiger partial charge in [-0.3, -0.25) is 9.69 Å². The molecular weight excluding hydrogens is 282 g/mol. The van der Waals surface area contributed by atoms with E-state index in [2.05, 4.69) is 11.8 Å². The van der Waals surface area contributed by atoms with Crippen LogP contribution in [-0.4, -0.2) is 49.3 Å². The monoisotopic (exact) mass is 307 g/mol. The van der Waals surface area contributed by atoms with Crippen LogP contribution in [0.5, 0.6) is 0 Å². The number of methoxy groups -OCH3 is 1. The van der Waals surface area contributed by atoms with Crippen molar-refractivity contribution in [1.29, 1.82) is 0 Å². The van der Waals surface area contributed by atoms with Gasteiger partial charge in [0.05, 0.1) is 11.7 Å². The van der Waals surface area contributed by atoms with Crippen LogP contribution in [0.25, 0.3) is 6.08 Å². The number of aliphatic carboxylic acids is 1. The highest BCUT2D eigenvalue weighted by Gasteiger charge is 2.41. The average Bonchev–Trinajstić information content (AvgIpc) is 2.98. The van der Waals surface area contributed by atoms with Gasteiger partial charge in [-0.05, 0) is 50.9 Å². The summed E-state index contributed by atoms with van der Waals surface area (Å²) in [7, 11) is 1.62. The summed E-state index contributed by atoms with van der Waals surface area (Å²) in [6, 6.07) is 3.78. The Labute approximate surface area is 131 Å². The molecular formula is C17H25NO4. The summed E-state index contributed by atoms with van der Waals surface area (Å²) >= 11 is 0. The third-order valence-electron chi connectivity index (χ3n) is 4.30. The Balaban J connectivity index is 2.01. The van der Waals surface area contributed by atoms with Gasteiger partial charge < -0.3 is 14.3 Å². The van der Waals surface area contributed by atoms with E-state index in [0.717, 1.165) is 31.7 Å². The van der Waals surface area contributed by atoms with E-state index in [-0.39, 0.29) is 0 Å². The average molecular weight is 307 g/mol. The first kappa shape index (κ1) is 16.8. The maximum atomic E-state index is 11.8. The molecule has 0 bridgehead atoms. The number of ether oxygens (including phenoxy) is 1. The molecule has 1 unspecified atom stereocenters. The van der Waals surface area contributed by atoms with E-state index in [1.165, 1.54) is 5.57 Å². The molecule has 22 heavy (non-hydrogen) atoms. The minimum absolute atomic E-state index is 0.487. The molecule has 0 aliphatic carbocycles. The third-order valence-corrected chi connectivity index (χ3v) is 4.30. The van der Waals surface area contributed by atoms with Crippen LogP contribution in [0.15, 0.2) is 28.4 Å². The van der Waals surface area contributed by atoms with Crippen molar-refractivity contribution in [2.24, 2.45) is 5.41 Å². The third kappa shape index (κ3) is 4.21. The van der Waals surface area contributed by atoms with Crippen LogP contribution in [-0.2, 0) is 9.53 Å². The van der Waals surface area contributed by atoms with E-state index in [9.17, 15) is 9.90 Å². The fourth-order valence-electron chi connectivity index (χ4n) is 3.16. The molecule has 0 spiro atoms. The molecule has 2 heterocycles. The van der Waals surface area contributed by atoms with E-state index < -0.39 is 11.4 Å². The number of carboxylic acid groups (broad SMARTS) is 1. The van der Waals surface area contributed by atoms with Gasteiger partial charge in [-0.2, -0.15) is 0 Å². The molecule has 1 saturated heterocycles. The van der Waals surface area contributed by atoms with Crippen molar-refractivity contribution in [3.63, 3.8) is 0 Å². The van der Waals surface area contributed by atoms with Crippen LogP contribution in [0.3, 0.4) is 0 Å². The summed E-state index contributed by atoms with van der Waals surface area (Å²) in [5.41, 5.74) is 0.488. The summed E-state index contributed by atoms with van der Waals surface area (Å²) in [4.78, 5) is 14.0. The quantitative estimate of drug-likeness (QED) is 0.839. The highest BCUT2D eigenvalue weighted by atomic mass is 16.5. The minimum atomic E-state index is -0.707. The number of hydrogen-bond donors (Lipinski definition) is 1. The number of carbonyl (C=O) groups is 1. The lowest BCUT2D eigenvalue weighted by Crippen LogP contribution is -2.48. The number of hydrogen-bond acceptors (Lipinski definition) is 4. The molecule has 1 N–H and O–H groups in total. The first-order valence-electron chi connectivity index (χ1n) is 7.71. The molecule has 1 fully saturated rings. The van der Waals surface area contributed by atoms with Gasteiger partial charge in [-0.15, -0.1) is 0 Å². The highest BCUT2D eigenvalue weighted by molar-refractivity contribution is 5.75. The molecule has 0 amide bonds. The van der Waals surface area contributed by atoms with Crippen molar-refractivity contribution >= 4 is 12.0 Å². The Hall–Kier alpha value is -1.59. The number of nitrogens with zero attached hydrogens (tertiary/aromatic N) is 1. The Morgan fingerprint density at radius 2 is 2.41 bits per heavy atom. The van der Waals surface area contributed by atoms with Crippen molar-refractivity contribution in [3.8, 4) is 0 Å². The lowest BCUT2D eigenvalue weighted by Gasteiger charge is -2.40. The van der Waals surface area contributed by atoms with Crippen molar-refractivity contribution in [2.75, 3.05) is 33.4 Å². The van der Waals surface area contributed by atoms with Gasteiger partial charge in [0, 0.05) is 26.8 Å². The van der Waals surface area contributed by atoms with Gasteiger partial charge in [-0.1, -0.05) is 5.57 Å². The minimum Gasteiger partial charge on any atom is -0.481 e. The van der Waals surface area contributed by atoms with E-state index in [0.29, 0.717) is 19.6 Å². The summed E-state index contributed by atoms with van der Waals surface area (Å²) in [5, 5.41) is 9.66. The van der Waals surface area contributed by atoms with Crippen LogP contribution in [0.4, 0.5) is 0 Å². The van der Waals surface area contributed by atoms with Crippen molar-refractivity contribution in [3.05, 3.63) is 29.7 Å². The van der Waals surface area contributed by atoms with Crippen molar-refractivity contribution in [1.82, 2.24) is 4.90 Å². The zero-order valence-electron chi connectivity index (χ0n) is 13.4. The second-order valence-corrected chi connectivity index (χ2v) is 6.15. The zero-order chi connectivity index (χ0) is 16.0. The largest absolute Gasteiger partial charge is 0.481 e. The van der Waals surface area contributed by atoms with Gasteiger partial charge in [0.1, 0.15) is 5.76 Å². The second kappa shape index (κ2) is 7.61. The van der Waals surface area contributed by atoms with E-state index in [1.54, 1.807) is 13.4 Å². The number of piperidine rings is 1. The zero-order valence-corrected chi connectivity index (χ0v) is 13.4. The predicted molar refractivity (Wildman–Crippen MR) is 84.6 cm³/mol. The Bertz CT molecular complexity index is 509. The summed E-state index contributed by atoms with van der Waals surface area (Å²) in [5.74, 6) is 0.125. The van der Waals surface area contributed by atoms with Crippen LogP contribution in [0.1, 0.15) is 31.9 Å². The second-order valence-electron chi connectivity index (χ2n) is 6.15. The summed E-state index contributed by atoms with van der Waals surface area (Å²) in [6.07, 6.45) is 5.86.